The van der Waals surface area contributed by atoms with Gasteiger partial charge < -0.3 is 9.72 Å². The minimum Gasteiger partial charge on any atom is -0.465 e. The second-order valence-corrected chi connectivity index (χ2v) is 4.75. The lowest BCUT2D eigenvalue weighted by Crippen LogP contribution is -2.10. The third-order valence-electron chi connectivity index (χ3n) is 3.43. The van der Waals surface area contributed by atoms with Crippen molar-refractivity contribution in [1.82, 2.24) is 4.98 Å². The molecule has 2 aromatic carbocycles. The van der Waals surface area contributed by atoms with Gasteiger partial charge in [0.25, 0.3) is 0 Å². The molecule has 0 spiro atoms. The van der Waals surface area contributed by atoms with Gasteiger partial charge in [0.2, 0.25) is 5.78 Å². The highest BCUT2D eigenvalue weighted by Gasteiger charge is 2.24. The number of hydrogen-bond donors (Lipinski definition) is 1. The largest absolute Gasteiger partial charge is 0.465 e. The molecule has 3 rings (SSSR count). The lowest BCUT2D eigenvalue weighted by molar-refractivity contribution is 0.0600. The molecule has 3 aromatic rings. The highest BCUT2D eigenvalue weighted by molar-refractivity contribution is 6.19. The van der Waals surface area contributed by atoms with Gasteiger partial charge in [-0.15, -0.1) is 0 Å². The molecule has 0 bridgehead atoms. The second kappa shape index (κ2) is 5.44. The Bertz CT molecular complexity index is 865. The number of aromatic amines is 1. The maximum Gasteiger partial charge on any atom is 0.340 e. The molecule has 0 unspecified atom stereocenters. The summed E-state index contributed by atoms with van der Waals surface area (Å²) in [6.07, 6.45) is 0. The number of methoxy groups -OCH3 is 1. The molecule has 4 nitrogen and oxygen atoms in total. The van der Waals surface area contributed by atoms with Crippen LogP contribution in [-0.4, -0.2) is 23.8 Å². The number of carbonyl (C=O) groups excluding carboxylic acids is 2. The molecule has 0 atom stereocenters. The number of para-hydroxylation sites is 1. The van der Waals surface area contributed by atoms with Crippen molar-refractivity contribution in [2.24, 2.45) is 0 Å². The van der Waals surface area contributed by atoms with E-state index in [1.165, 1.54) is 31.4 Å². The molecule has 0 radical (unpaired) electrons. The van der Waals surface area contributed by atoms with E-state index < -0.39 is 17.6 Å². The average Bonchev–Trinajstić information content (AvgIpc) is 2.93. The molecule has 0 amide bonds. The van der Waals surface area contributed by atoms with Crippen LogP contribution in [0.1, 0.15) is 26.4 Å². The van der Waals surface area contributed by atoms with E-state index in [-0.39, 0.29) is 16.8 Å². The van der Waals surface area contributed by atoms with Crippen molar-refractivity contribution in [2.75, 3.05) is 7.11 Å². The van der Waals surface area contributed by atoms with E-state index in [0.717, 1.165) is 0 Å². The number of ether oxygens (including phenoxy) is 1. The van der Waals surface area contributed by atoms with E-state index in [1.54, 1.807) is 24.3 Å². The Kier molecular flexibility index (Phi) is 3.47. The summed E-state index contributed by atoms with van der Waals surface area (Å²) in [4.78, 5) is 27.6. The van der Waals surface area contributed by atoms with Crippen LogP contribution < -0.4 is 0 Å². The van der Waals surface area contributed by atoms with Crippen LogP contribution in [0.15, 0.2) is 48.5 Å². The summed E-state index contributed by atoms with van der Waals surface area (Å²) in [5, 5.41) is 0.611. The van der Waals surface area contributed by atoms with Crippen molar-refractivity contribution in [2.45, 2.75) is 0 Å². The minimum absolute atomic E-state index is 0.139. The van der Waals surface area contributed by atoms with Crippen molar-refractivity contribution < 1.29 is 18.7 Å². The third-order valence-corrected chi connectivity index (χ3v) is 3.43. The zero-order valence-electron chi connectivity index (χ0n) is 11.7. The molecule has 22 heavy (non-hydrogen) atoms. The molecule has 1 N–H and O–H groups in total. The normalized spacial score (nSPS) is 10.6. The number of ketones is 1. The van der Waals surface area contributed by atoms with E-state index in [4.69, 9.17) is 4.74 Å². The predicted molar refractivity (Wildman–Crippen MR) is 79.5 cm³/mol. The quantitative estimate of drug-likeness (QED) is 0.596. The van der Waals surface area contributed by atoms with Gasteiger partial charge in [-0.3, -0.25) is 4.79 Å². The summed E-state index contributed by atoms with van der Waals surface area (Å²) in [6, 6.07) is 12.2. The third kappa shape index (κ3) is 2.26. The Hall–Kier alpha value is -2.95. The first-order chi connectivity index (χ1) is 10.6. The van der Waals surface area contributed by atoms with Crippen LogP contribution in [0.2, 0.25) is 0 Å². The summed E-state index contributed by atoms with van der Waals surface area (Å²) in [7, 11) is 1.26. The first-order valence-corrected chi connectivity index (χ1v) is 6.61. The Morgan fingerprint density at radius 3 is 2.41 bits per heavy atom. The van der Waals surface area contributed by atoms with Crippen LogP contribution in [0, 0.1) is 5.82 Å². The summed E-state index contributed by atoms with van der Waals surface area (Å²) in [6.45, 7) is 0. The highest BCUT2D eigenvalue weighted by atomic mass is 19.1. The Balaban J connectivity index is 2.19. The van der Waals surface area contributed by atoms with Crippen molar-refractivity contribution in [1.29, 1.82) is 0 Å². The number of fused-ring (bicyclic) bond motifs is 1. The number of aromatic nitrogens is 1. The van der Waals surface area contributed by atoms with Crippen LogP contribution in [0.3, 0.4) is 0 Å². The van der Waals surface area contributed by atoms with Crippen LogP contribution in [0.5, 0.6) is 0 Å². The van der Waals surface area contributed by atoms with Crippen LogP contribution >= 0.6 is 0 Å². The SMILES string of the molecule is COC(=O)c1c(C(=O)c2ccc(F)cc2)[nH]c2ccccc12. The van der Waals surface area contributed by atoms with Crippen LogP contribution in [0.4, 0.5) is 4.39 Å². The van der Waals surface area contributed by atoms with Gasteiger partial charge in [0.1, 0.15) is 11.5 Å². The molecule has 0 aliphatic rings. The zero-order valence-corrected chi connectivity index (χ0v) is 11.7. The fraction of sp³-hybridized carbons (Fsp3) is 0.0588. The van der Waals surface area contributed by atoms with Crippen LogP contribution in [-0.2, 0) is 4.74 Å². The maximum absolute atomic E-state index is 13.0. The molecule has 5 heteroatoms. The number of carbonyl (C=O) groups is 2. The molecule has 0 saturated carbocycles. The number of benzene rings is 2. The standard InChI is InChI=1S/C17H12FNO3/c1-22-17(21)14-12-4-2-3-5-13(12)19-15(14)16(20)10-6-8-11(18)9-7-10/h2-9,19H,1H3. The molecule has 0 aliphatic carbocycles. The topological polar surface area (TPSA) is 59.2 Å². The number of nitrogens with one attached hydrogen (secondary N) is 1. The van der Waals surface area contributed by atoms with Gasteiger partial charge >= 0.3 is 5.97 Å². The van der Waals surface area contributed by atoms with Crippen molar-refractivity contribution in [3.8, 4) is 0 Å². The fourth-order valence-corrected chi connectivity index (χ4v) is 2.37. The van der Waals surface area contributed by atoms with E-state index in [2.05, 4.69) is 4.98 Å². The van der Waals surface area contributed by atoms with Crippen molar-refractivity contribution in [3.63, 3.8) is 0 Å². The summed E-state index contributed by atoms with van der Waals surface area (Å²) in [5.41, 5.74) is 1.28. The van der Waals surface area contributed by atoms with Gasteiger partial charge in [0, 0.05) is 16.5 Å². The smallest absolute Gasteiger partial charge is 0.340 e. The number of H-pyrrole nitrogens is 1. The Morgan fingerprint density at radius 2 is 1.73 bits per heavy atom. The lowest BCUT2D eigenvalue weighted by Gasteiger charge is -2.03. The fourth-order valence-electron chi connectivity index (χ4n) is 2.37. The predicted octanol–water partition coefficient (Wildman–Crippen LogP) is 3.32. The van der Waals surface area contributed by atoms with Gasteiger partial charge in [0.15, 0.2) is 0 Å². The van der Waals surface area contributed by atoms with E-state index >= 15 is 0 Å². The molecule has 0 aliphatic heterocycles. The molecule has 1 heterocycles. The molecule has 110 valence electrons. The first-order valence-electron chi connectivity index (χ1n) is 6.61. The summed E-state index contributed by atoms with van der Waals surface area (Å²) < 4.78 is 17.8. The van der Waals surface area contributed by atoms with E-state index in [0.29, 0.717) is 10.9 Å². The van der Waals surface area contributed by atoms with Crippen molar-refractivity contribution in [3.05, 3.63) is 71.2 Å². The number of hydrogen-bond acceptors (Lipinski definition) is 3. The van der Waals surface area contributed by atoms with Gasteiger partial charge in [-0.25, -0.2) is 9.18 Å². The lowest BCUT2D eigenvalue weighted by atomic mass is 10.0. The summed E-state index contributed by atoms with van der Waals surface area (Å²) in [5.74, 6) is -1.42. The van der Waals surface area contributed by atoms with Gasteiger partial charge in [0.05, 0.1) is 12.7 Å². The Morgan fingerprint density at radius 1 is 1.05 bits per heavy atom. The number of halogens is 1. The zero-order chi connectivity index (χ0) is 15.7. The Labute approximate surface area is 125 Å². The van der Waals surface area contributed by atoms with Crippen molar-refractivity contribution >= 4 is 22.7 Å². The average molecular weight is 297 g/mol. The second-order valence-electron chi connectivity index (χ2n) is 4.75. The molecular formula is C17H12FNO3. The molecule has 0 saturated heterocycles. The number of rotatable bonds is 3. The summed E-state index contributed by atoms with van der Waals surface area (Å²) >= 11 is 0. The van der Waals surface area contributed by atoms with Gasteiger partial charge in [-0.05, 0) is 30.3 Å². The van der Waals surface area contributed by atoms with Crippen LogP contribution in [0.25, 0.3) is 10.9 Å². The molecule has 0 fully saturated rings. The highest BCUT2D eigenvalue weighted by Crippen LogP contribution is 2.25. The monoisotopic (exact) mass is 297 g/mol. The number of esters is 1. The molecular weight excluding hydrogens is 285 g/mol. The van der Waals surface area contributed by atoms with E-state index in [9.17, 15) is 14.0 Å². The maximum atomic E-state index is 13.0. The van der Waals surface area contributed by atoms with E-state index in [1.807, 2.05) is 0 Å². The first kappa shape index (κ1) is 14.0. The van der Waals surface area contributed by atoms with Gasteiger partial charge in [-0.2, -0.15) is 0 Å². The molecule has 1 aromatic heterocycles. The minimum atomic E-state index is -0.595. The van der Waals surface area contributed by atoms with Gasteiger partial charge in [-0.1, -0.05) is 18.2 Å².